The third-order valence-electron chi connectivity index (χ3n) is 20.1. The normalized spacial score (nSPS) is 11.9. The van der Waals surface area contributed by atoms with Gasteiger partial charge in [0, 0.05) is 170 Å². The highest BCUT2D eigenvalue weighted by molar-refractivity contribution is 6.13. The summed E-state index contributed by atoms with van der Waals surface area (Å²) >= 11 is 0. The Bertz CT molecular complexity index is 5630. The van der Waals surface area contributed by atoms with Gasteiger partial charge >= 0.3 is 0 Å². The molecule has 0 aliphatic heterocycles. The molecule has 18 aromatic rings. The molecule has 0 spiro atoms. The molecule has 93 heavy (non-hydrogen) atoms. The van der Waals surface area contributed by atoms with E-state index in [2.05, 4.69) is 324 Å². The Morgan fingerprint density at radius 2 is 0.333 bits per heavy atom. The van der Waals surface area contributed by atoms with Crippen molar-refractivity contribution in [2.24, 2.45) is 0 Å². The predicted octanol–water partition coefficient (Wildman–Crippen LogP) is 22.6. The molecule has 6 heterocycles. The lowest BCUT2D eigenvalue weighted by Gasteiger charge is -2.08. The number of para-hydroxylation sites is 6. The Morgan fingerprint density at radius 1 is 0.161 bits per heavy atom. The van der Waals surface area contributed by atoms with Crippen LogP contribution in [0.25, 0.3) is 131 Å². The van der Waals surface area contributed by atoms with Crippen molar-refractivity contribution in [1.29, 1.82) is 0 Å². The summed E-state index contributed by atoms with van der Waals surface area (Å²) in [6.45, 7) is 19.3. The number of hydrogen-bond donors (Lipinski definition) is 0. The standard InChI is InChI=1S/3C29H26N2/c1-3-30-27-12-8-6-10-23(27)25-18-20(14-16-28(25)30)17-21-13-15-24-22-9-5-7-11-26(22)31(4-2)29(24)19-21;1-3-30-26-11-7-5-9-22(26)24-18-20(13-15-28(24)30)17-21-14-16-29-25(19-21)23-10-6-8-12-27(23)31(29)4-2;1-3-30-26-11-7-5-9-22(26)24-15-13-20(18-28(24)30)17-21-14-16-25-23-10-6-8-12-27(23)31(4-2)29(25)19-21/h3*5-16,18-19H,3-4,17H2,1-2H3. The van der Waals surface area contributed by atoms with Crippen LogP contribution < -0.4 is 0 Å². The topological polar surface area (TPSA) is 29.6 Å². The van der Waals surface area contributed by atoms with Crippen LogP contribution in [0.2, 0.25) is 0 Å². The third kappa shape index (κ3) is 9.76. The van der Waals surface area contributed by atoms with Crippen molar-refractivity contribution in [3.63, 3.8) is 0 Å². The van der Waals surface area contributed by atoms with Gasteiger partial charge in [0.1, 0.15) is 0 Å². The van der Waals surface area contributed by atoms with E-state index < -0.39 is 0 Å². The van der Waals surface area contributed by atoms with E-state index in [9.17, 15) is 0 Å². The summed E-state index contributed by atoms with van der Waals surface area (Å²) < 4.78 is 14.6. The molecule has 0 atom stereocenters. The molecule has 6 heteroatoms. The highest BCUT2D eigenvalue weighted by Gasteiger charge is 2.17. The van der Waals surface area contributed by atoms with Gasteiger partial charge in [-0.2, -0.15) is 0 Å². The molecule has 0 saturated carbocycles. The van der Waals surface area contributed by atoms with Crippen LogP contribution in [0.3, 0.4) is 0 Å². The van der Waals surface area contributed by atoms with Crippen molar-refractivity contribution in [3.05, 3.63) is 288 Å². The van der Waals surface area contributed by atoms with E-state index in [-0.39, 0.29) is 0 Å². The number of aromatic nitrogens is 6. The molecule has 18 rings (SSSR count). The quantitative estimate of drug-likeness (QED) is 0.117. The molecule has 6 nitrogen and oxygen atoms in total. The lowest BCUT2D eigenvalue weighted by atomic mass is 10.0. The SMILES string of the molecule is CCn1c2ccccc2c2cc(Cc3ccc4c(c3)c3ccccc3n4CC)ccc21.CCn1c2ccccc2c2cc(Cc3ccc4c5ccccc5n(CC)c4c3)ccc21.CCn1c2ccccc2c2ccc(Cc3ccc4c5ccccc5n(CC)c4c3)cc21. The van der Waals surface area contributed by atoms with Crippen LogP contribution in [-0.2, 0) is 58.5 Å². The minimum atomic E-state index is 0.947. The molecule has 6 aromatic heterocycles. The van der Waals surface area contributed by atoms with Crippen LogP contribution >= 0.6 is 0 Å². The van der Waals surface area contributed by atoms with Gasteiger partial charge in [-0.05, 0) is 185 Å². The molecule has 0 N–H and O–H groups in total. The van der Waals surface area contributed by atoms with Gasteiger partial charge in [-0.1, -0.05) is 164 Å². The molecule has 0 aliphatic carbocycles. The van der Waals surface area contributed by atoms with Gasteiger partial charge in [0.25, 0.3) is 0 Å². The van der Waals surface area contributed by atoms with Crippen LogP contribution in [0.1, 0.15) is 74.9 Å². The van der Waals surface area contributed by atoms with Crippen LogP contribution in [-0.4, -0.2) is 27.4 Å². The molecular weight excluding hydrogens is 1130 g/mol. The fraction of sp³-hybridized carbons (Fsp3) is 0.172. The van der Waals surface area contributed by atoms with Crippen LogP contribution in [0, 0.1) is 0 Å². The number of benzene rings is 12. The molecule has 0 radical (unpaired) electrons. The molecule has 0 fully saturated rings. The summed E-state index contributed by atoms with van der Waals surface area (Å²) in [5.74, 6) is 0. The van der Waals surface area contributed by atoms with E-state index >= 15 is 0 Å². The van der Waals surface area contributed by atoms with E-state index in [1.165, 1.54) is 164 Å². The summed E-state index contributed by atoms with van der Waals surface area (Å²) in [5, 5.41) is 16.2. The first-order chi connectivity index (χ1) is 45.8. The summed E-state index contributed by atoms with van der Waals surface area (Å²) in [6.07, 6.45) is 2.84. The molecule has 0 saturated heterocycles. The average molecular weight is 1210 g/mol. The predicted molar refractivity (Wildman–Crippen MR) is 399 cm³/mol. The largest absolute Gasteiger partial charge is 0.341 e. The first-order valence-electron chi connectivity index (χ1n) is 33.8. The van der Waals surface area contributed by atoms with E-state index in [4.69, 9.17) is 0 Å². The smallest absolute Gasteiger partial charge is 0.0494 e. The highest BCUT2D eigenvalue weighted by Crippen LogP contribution is 2.37. The Balaban J connectivity index is 0.000000111. The van der Waals surface area contributed by atoms with Crippen molar-refractivity contribution >= 4 is 131 Å². The van der Waals surface area contributed by atoms with Crippen molar-refractivity contribution in [3.8, 4) is 0 Å². The molecule has 0 unspecified atom stereocenters. The van der Waals surface area contributed by atoms with Crippen LogP contribution in [0.15, 0.2) is 255 Å². The average Bonchev–Trinajstić information content (AvgIpc) is 1.75. The summed E-state index contributed by atoms with van der Waals surface area (Å²) in [5.41, 5.74) is 24.1. The first kappa shape index (κ1) is 57.6. The monoisotopic (exact) mass is 1210 g/mol. The number of rotatable bonds is 12. The fourth-order valence-corrected chi connectivity index (χ4v) is 16.0. The van der Waals surface area contributed by atoms with Gasteiger partial charge in [-0.3, -0.25) is 0 Å². The second kappa shape index (κ2) is 23.9. The van der Waals surface area contributed by atoms with E-state index in [0.29, 0.717) is 0 Å². The van der Waals surface area contributed by atoms with Gasteiger partial charge in [-0.25, -0.2) is 0 Å². The Kier molecular flexibility index (Phi) is 14.8. The van der Waals surface area contributed by atoms with Crippen molar-refractivity contribution in [2.45, 2.75) is 100 Å². The zero-order valence-electron chi connectivity index (χ0n) is 54.3. The van der Waals surface area contributed by atoms with Gasteiger partial charge in [0.2, 0.25) is 0 Å². The Morgan fingerprint density at radius 3 is 0.570 bits per heavy atom. The van der Waals surface area contributed by atoms with Gasteiger partial charge in [-0.15, -0.1) is 0 Å². The van der Waals surface area contributed by atoms with Crippen molar-refractivity contribution in [2.75, 3.05) is 0 Å². The first-order valence-corrected chi connectivity index (χ1v) is 33.8. The Hall–Kier alpha value is -10.6. The minimum absolute atomic E-state index is 0.947. The molecule has 0 bridgehead atoms. The summed E-state index contributed by atoms with van der Waals surface area (Å²) in [4.78, 5) is 0. The van der Waals surface area contributed by atoms with Crippen molar-refractivity contribution < 1.29 is 0 Å². The molecule has 456 valence electrons. The van der Waals surface area contributed by atoms with Gasteiger partial charge < -0.3 is 27.4 Å². The number of aryl methyl sites for hydroxylation is 6. The molecular formula is C87H78N6. The zero-order chi connectivity index (χ0) is 62.8. The van der Waals surface area contributed by atoms with E-state index in [1.54, 1.807) is 0 Å². The second-order valence-electron chi connectivity index (χ2n) is 25.2. The number of hydrogen-bond acceptors (Lipinski definition) is 0. The molecule has 0 amide bonds. The van der Waals surface area contributed by atoms with Gasteiger partial charge in [0.15, 0.2) is 0 Å². The zero-order valence-corrected chi connectivity index (χ0v) is 54.3. The van der Waals surface area contributed by atoms with Crippen LogP contribution in [0.4, 0.5) is 0 Å². The maximum atomic E-state index is 2.44. The van der Waals surface area contributed by atoms with E-state index in [1.807, 2.05) is 0 Å². The molecule has 0 aliphatic rings. The number of nitrogens with zero attached hydrogens (tertiary/aromatic N) is 6. The molecule has 12 aromatic carbocycles. The number of fused-ring (bicyclic) bond motifs is 18. The maximum absolute atomic E-state index is 2.44. The second-order valence-corrected chi connectivity index (χ2v) is 25.2. The van der Waals surface area contributed by atoms with E-state index in [0.717, 1.165) is 58.5 Å². The lowest BCUT2D eigenvalue weighted by molar-refractivity contribution is 0.826. The Labute approximate surface area is 543 Å². The highest BCUT2D eigenvalue weighted by atomic mass is 15.0. The summed E-state index contributed by atoms with van der Waals surface area (Å²) in [7, 11) is 0. The summed E-state index contributed by atoms with van der Waals surface area (Å²) in [6, 6.07) is 94.5. The third-order valence-corrected chi connectivity index (χ3v) is 20.1. The van der Waals surface area contributed by atoms with Gasteiger partial charge in [0.05, 0.1) is 0 Å². The lowest BCUT2D eigenvalue weighted by Crippen LogP contribution is -1.96. The minimum Gasteiger partial charge on any atom is -0.341 e. The maximum Gasteiger partial charge on any atom is 0.0494 e. The fourth-order valence-electron chi connectivity index (χ4n) is 16.0. The van der Waals surface area contributed by atoms with Crippen molar-refractivity contribution in [1.82, 2.24) is 27.4 Å². The van der Waals surface area contributed by atoms with Crippen LogP contribution in [0.5, 0.6) is 0 Å².